The van der Waals surface area contributed by atoms with Crippen LogP contribution in [0.4, 0.5) is 5.69 Å². The maximum Gasteiger partial charge on any atom is 0.232 e. The van der Waals surface area contributed by atoms with Crippen LogP contribution in [0, 0.1) is 11.3 Å². The molecule has 1 saturated heterocycles. The van der Waals surface area contributed by atoms with Gasteiger partial charge in [-0.15, -0.1) is 0 Å². The van der Waals surface area contributed by atoms with E-state index in [0.717, 1.165) is 29.6 Å². The molecule has 0 saturated carbocycles. The number of nitriles is 1. The number of aromatic nitrogens is 1. The molecule has 192 valence electrons. The second kappa shape index (κ2) is 14.4. The van der Waals surface area contributed by atoms with E-state index in [2.05, 4.69) is 52.4 Å². The van der Waals surface area contributed by atoms with Crippen LogP contribution in [0.25, 0.3) is 21.9 Å². The molecule has 0 amide bonds. The first kappa shape index (κ1) is 27.4. The molecule has 7 heteroatoms. The molecule has 1 aromatic heterocycles. The average molecular weight is 492 g/mol. The minimum absolute atomic E-state index is 0. The van der Waals surface area contributed by atoms with Gasteiger partial charge in [-0.25, -0.2) is 4.98 Å². The Kier molecular flexibility index (Phi) is 11.0. The van der Waals surface area contributed by atoms with Gasteiger partial charge in [-0.1, -0.05) is 25.6 Å². The number of nitrogens with zero attached hydrogens (tertiary/aromatic N) is 3. The fourth-order valence-electron chi connectivity index (χ4n) is 4.31. The third kappa shape index (κ3) is 7.17. The van der Waals surface area contributed by atoms with Crippen LogP contribution in [-0.2, 0) is 14.2 Å². The van der Waals surface area contributed by atoms with Gasteiger partial charge in [-0.2, -0.15) is 5.26 Å². The molecule has 0 aliphatic carbocycles. The average Bonchev–Trinajstić information content (AvgIpc) is 2.92. The molecule has 7 nitrogen and oxygen atoms in total. The second-order valence-electron chi connectivity index (χ2n) is 8.51. The van der Waals surface area contributed by atoms with Crippen molar-refractivity contribution in [1.29, 1.82) is 5.26 Å². The maximum atomic E-state index is 9.86. The number of anilines is 1. The zero-order valence-electron chi connectivity index (χ0n) is 20.4. The van der Waals surface area contributed by atoms with Crippen molar-refractivity contribution in [3.63, 3.8) is 0 Å². The molecule has 0 radical (unpaired) electrons. The molecule has 2 aromatic carbocycles. The lowest BCUT2D eigenvalue weighted by atomic mass is 9.98. The Morgan fingerprint density at radius 1 is 0.861 bits per heavy atom. The molecule has 0 atom stereocenters. The van der Waals surface area contributed by atoms with E-state index in [0.29, 0.717) is 51.1 Å². The highest BCUT2D eigenvalue weighted by molar-refractivity contribution is 5.90. The van der Waals surface area contributed by atoms with Crippen molar-refractivity contribution in [2.75, 3.05) is 64.7 Å². The summed E-state index contributed by atoms with van der Waals surface area (Å²) >= 11 is 0. The topological polar surface area (TPSA) is 76.8 Å². The van der Waals surface area contributed by atoms with Gasteiger partial charge in [0.2, 0.25) is 5.88 Å². The van der Waals surface area contributed by atoms with Crippen LogP contribution >= 0.6 is 0 Å². The van der Waals surface area contributed by atoms with Gasteiger partial charge in [0.1, 0.15) is 18.2 Å². The molecule has 3 aromatic rings. The minimum atomic E-state index is 0. The number of rotatable bonds is 12. The van der Waals surface area contributed by atoms with Crippen molar-refractivity contribution in [3.8, 4) is 23.1 Å². The molecule has 0 unspecified atom stereocenters. The van der Waals surface area contributed by atoms with E-state index in [1.54, 1.807) is 13.3 Å². The van der Waals surface area contributed by atoms with Crippen LogP contribution in [0.3, 0.4) is 0 Å². The first-order valence-corrected chi connectivity index (χ1v) is 12.3. The lowest BCUT2D eigenvalue weighted by molar-refractivity contribution is 0.0176. The number of pyridine rings is 1. The lowest BCUT2D eigenvalue weighted by Gasteiger charge is -2.29. The minimum Gasteiger partial charge on any atom is -0.474 e. The van der Waals surface area contributed by atoms with Crippen LogP contribution < -0.4 is 9.64 Å². The molecular formula is C29H37N3O4. The Balaban J connectivity index is 0.00000361. The monoisotopic (exact) mass is 491 g/mol. The van der Waals surface area contributed by atoms with Crippen LogP contribution in [0.15, 0.2) is 48.7 Å². The van der Waals surface area contributed by atoms with Crippen molar-refractivity contribution < 1.29 is 18.9 Å². The molecule has 1 aliphatic rings. The first-order chi connectivity index (χ1) is 17.3. The molecule has 0 bridgehead atoms. The van der Waals surface area contributed by atoms with E-state index in [4.69, 9.17) is 18.9 Å². The van der Waals surface area contributed by atoms with Gasteiger partial charge in [0.05, 0.1) is 33.0 Å². The summed E-state index contributed by atoms with van der Waals surface area (Å²) in [4.78, 5) is 6.75. The second-order valence-corrected chi connectivity index (χ2v) is 8.51. The summed E-state index contributed by atoms with van der Waals surface area (Å²) in [6.07, 6.45) is 5.52. The number of hydrogen-bond donors (Lipinski definition) is 0. The van der Waals surface area contributed by atoms with Crippen molar-refractivity contribution >= 4 is 16.5 Å². The molecule has 4 rings (SSSR count). The van der Waals surface area contributed by atoms with Gasteiger partial charge in [0.25, 0.3) is 0 Å². The van der Waals surface area contributed by atoms with Gasteiger partial charge in [-0.3, -0.25) is 0 Å². The van der Waals surface area contributed by atoms with Gasteiger partial charge in [0, 0.05) is 37.6 Å². The number of methoxy groups -OCH3 is 1. The summed E-state index contributed by atoms with van der Waals surface area (Å²) in [6.45, 7) is 5.04. The Morgan fingerprint density at radius 3 is 2.31 bits per heavy atom. The van der Waals surface area contributed by atoms with Crippen LogP contribution in [0.2, 0.25) is 0 Å². The van der Waals surface area contributed by atoms with Gasteiger partial charge in [0.15, 0.2) is 0 Å². The molecule has 0 N–H and O–H groups in total. The molecule has 2 heterocycles. The highest BCUT2D eigenvalue weighted by atomic mass is 16.6. The summed E-state index contributed by atoms with van der Waals surface area (Å²) < 4.78 is 21.6. The highest BCUT2D eigenvalue weighted by Crippen LogP contribution is 2.32. The Bertz CT molecular complexity index is 1140. The van der Waals surface area contributed by atoms with E-state index in [-0.39, 0.29) is 7.43 Å². The van der Waals surface area contributed by atoms with E-state index < -0.39 is 0 Å². The number of benzene rings is 2. The molecule has 36 heavy (non-hydrogen) atoms. The van der Waals surface area contributed by atoms with Crippen LogP contribution in [0.5, 0.6) is 5.88 Å². The van der Waals surface area contributed by atoms with Crippen molar-refractivity contribution in [3.05, 3.63) is 54.2 Å². The number of ether oxygens (including phenoxy) is 4. The zero-order valence-corrected chi connectivity index (χ0v) is 20.4. The SMILES string of the molecule is C.COCCOCCOCCOc1nccc(-c2ccc3cc(N4CCCCC4)ccc3c2)c1C#N. The fraction of sp³-hybridized carbons (Fsp3) is 0.448. The fourth-order valence-corrected chi connectivity index (χ4v) is 4.31. The quantitative estimate of drug-likeness (QED) is 0.311. The standard InChI is InChI=1S/C28H33N3O4.CH4/c1-32-13-14-33-15-16-34-17-18-35-28-27(21-29)26(9-10-30-28)24-6-5-23-20-25(8-7-22(23)19-24)31-11-3-2-4-12-31;/h5-10,19-20H,2-4,11-18H2,1H3;1H4. The predicted molar refractivity (Wildman–Crippen MR) is 144 cm³/mol. The third-order valence-electron chi connectivity index (χ3n) is 6.15. The van der Waals surface area contributed by atoms with Crippen molar-refractivity contribution in [1.82, 2.24) is 4.98 Å². The van der Waals surface area contributed by atoms with Crippen LogP contribution in [0.1, 0.15) is 32.3 Å². The lowest BCUT2D eigenvalue weighted by Crippen LogP contribution is -2.29. The van der Waals surface area contributed by atoms with Gasteiger partial charge >= 0.3 is 0 Å². The third-order valence-corrected chi connectivity index (χ3v) is 6.15. The summed E-state index contributed by atoms with van der Waals surface area (Å²) in [5, 5.41) is 12.2. The smallest absolute Gasteiger partial charge is 0.232 e. The number of fused-ring (bicyclic) bond motifs is 1. The first-order valence-electron chi connectivity index (χ1n) is 12.3. The van der Waals surface area contributed by atoms with Gasteiger partial charge < -0.3 is 23.8 Å². The Hall–Kier alpha value is -3.18. The number of piperidine rings is 1. The summed E-state index contributed by atoms with van der Waals surface area (Å²) in [5.41, 5.74) is 3.49. The highest BCUT2D eigenvalue weighted by Gasteiger charge is 2.14. The van der Waals surface area contributed by atoms with Gasteiger partial charge in [-0.05, 0) is 59.9 Å². The normalized spacial score (nSPS) is 13.3. The zero-order chi connectivity index (χ0) is 24.3. The van der Waals surface area contributed by atoms with E-state index in [1.165, 1.54) is 30.3 Å². The summed E-state index contributed by atoms with van der Waals surface area (Å²) in [5.74, 6) is 0.325. The number of hydrogen-bond acceptors (Lipinski definition) is 7. The van der Waals surface area contributed by atoms with Crippen molar-refractivity contribution in [2.45, 2.75) is 26.7 Å². The maximum absolute atomic E-state index is 9.86. The van der Waals surface area contributed by atoms with Crippen LogP contribution in [-0.4, -0.2) is 64.8 Å². The van der Waals surface area contributed by atoms with E-state index in [1.807, 2.05) is 6.07 Å². The molecule has 1 aliphatic heterocycles. The predicted octanol–water partition coefficient (Wildman–Crippen LogP) is 5.46. The Labute approximate surface area is 214 Å². The molecule has 1 fully saturated rings. The molecule has 0 spiro atoms. The Morgan fingerprint density at radius 2 is 1.56 bits per heavy atom. The van der Waals surface area contributed by atoms with E-state index >= 15 is 0 Å². The van der Waals surface area contributed by atoms with E-state index in [9.17, 15) is 5.26 Å². The van der Waals surface area contributed by atoms with Crippen molar-refractivity contribution in [2.24, 2.45) is 0 Å². The summed E-state index contributed by atoms with van der Waals surface area (Å²) in [6, 6.07) is 17.1. The largest absolute Gasteiger partial charge is 0.474 e. The molecular weight excluding hydrogens is 454 g/mol. The summed E-state index contributed by atoms with van der Waals surface area (Å²) in [7, 11) is 1.64.